The van der Waals surface area contributed by atoms with Gasteiger partial charge >= 0.3 is 0 Å². The minimum Gasteiger partial charge on any atom is -0.486 e. The van der Waals surface area contributed by atoms with Crippen LogP contribution in [0.3, 0.4) is 0 Å². The number of aryl methyl sites for hydroxylation is 1. The topological polar surface area (TPSA) is 85.7 Å². The number of imidazole rings is 1. The summed E-state index contributed by atoms with van der Waals surface area (Å²) >= 11 is 1.04. The molecular formula is C31H34N4O4S. The monoisotopic (exact) mass is 558 g/mol. The Morgan fingerprint density at radius 3 is 2.33 bits per heavy atom. The van der Waals surface area contributed by atoms with Crippen molar-refractivity contribution < 1.29 is 19.1 Å². The highest BCUT2D eigenvalue weighted by atomic mass is 32.2. The lowest BCUT2D eigenvalue weighted by Gasteiger charge is -2.21. The van der Waals surface area contributed by atoms with Gasteiger partial charge in [0.1, 0.15) is 34.4 Å². The quantitative estimate of drug-likeness (QED) is 0.244. The molecule has 0 spiro atoms. The Morgan fingerprint density at radius 1 is 1.00 bits per heavy atom. The third-order valence-electron chi connectivity index (χ3n) is 6.94. The molecule has 1 fully saturated rings. The van der Waals surface area contributed by atoms with Crippen LogP contribution in [0.1, 0.15) is 32.2 Å². The maximum atomic E-state index is 12.1. The first-order chi connectivity index (χ1) is 19.1. The van der Waals surface area contributed by atoms with Crippen LogP contribution in [0.5, 0.6) is 17.2 Å². The van der Waals surface area contributed by atoms with E-state index in [0.29, 0.717) is 24.7 Å². The summed E-state index contributed by atoms with van der Waals surface area (Å²) in [5.74, 6) is 3.36. The van der Waals surface area contributed by atoms with Gasteiger partial charge in [0.15, 0.2) is 0 Å². The van der Waals surface area contributed by atoms with Crippen LogP contribution in [-0.4, -0.2) is 39.0 Å². The summed E-state index contributed by atoms with van der Waals surface area (Å²) in [4.78, 5) is 30.7. The summed E-state index contributed by atoms with van der Waals surface area (Å²) in [5.41, 5.74) is 3.94. The fourth-order valence-corrected chi connectivity index (χ4v) is 5.76. The molecule has 0 saturated carbocycles. The van der Waals surface area contributed by atoms with E-state index < -0.39 is 4.75 Å². The highest BCUT2D eigenvalue weighted by Gasteiger charge is 2.43. The van der Waals surface area contributed by atoms with Crippen molar-refractivity contribution in [3.63, 3.8) is 0 Å². The predicted octanol–water partition coefficient (Wildman–Crippen LogP) is 6.32. The first-order valence-corrected chi connectivity index (χ1v) is 14.1. The smallest absolute Gasteiger partial charge is 0.286 e. The van der Waals surface area contributed by atoms with E-state index in [1.165, 1.54) is 0 Å². The maximum Gasteiger partial charge on any atom is 0.286 e. The molecule has 0 unspecified atom stereocenters. The fourth-order valence-electron chi connectivity index (χ4n) is 4.83. The third-order valence-corrected chi connectivity index (χ3v) is 8.01. The maximum absolute atomic E-state index is 12.1. The molecule has 3 aromatic carbocycles. The number of benzene rings is 3. The molecule has 1 N–H and O–H groups in total. The van der Waals surface area contributed by atoms with Crippen molar-refractivity contribution in [2.75, 3.05) is 18.5 Å². The molecule has 208 valence electrons. The number of hydrogen-bond acceptors (Lipinski definition) is 7. The number of imide groups is 1. The highest BCUT2D eigenvalue weighted by molar-refractivity contribution is 8.16. The number of amides is 2. The lowest BCUT2D eigenvalue weighted by Crippen LogP contribution is -2.35. The molecule has 2 amide bonds. The number of aromatic nitrogens is 2. The zero-order valence-electron chi connectivity index (χ0n) is 23.4. The van der Waals surface area contributed by atoms with Crippen LogP contribution in [0.2, 0.25) is 0 Å². The Morgan fingerprint density at radius 2 is 1.68 bits per heavy atom. The Labute approximate surface area is 238 Å². The van der Waals surface area contributed by atoms with Gasteiger partial charge in [-0.3, -0.25) is 14.9 Å². The molecule has 1 saturated heterocycles. The number of nitrogens with one attached hydrogen (secondary N) is 1. The number of nitrogens with zero attached hydrogens (tertiary/aromatic N) is 3. The van der Waals surface area contributed by atoms with Gasteiger partial charge in [0, 0.05) is 32.4 Å². The second kappa shape index (κ2) is 11.3. The van der Waals surface area contributed by atoms with E-state index in [4.69, 9.17) is 14.5 Å². The van der Waals surface area contributed by atoms with Crippen molar-refractivity contribution in [3.05, 3.63) is 78.1 Å². The Kier molecular flexibility index (Phi) is 7.76. The second-order valence-electron chi connectivity index (χ2n) is 10.8. The summed E-state index contributed by atoms with van der Waals surface area (Å²) in [5, 5.41) is 2.06. The van der Waals surface area contributed by atoms with Crippen LogP contribution in [0.4, 0.5) is 10.5 Å². The van der Waals surface area contributed by atoms with Crippen molar-refractivity contribution >= 4 is 39.6 Å². The molecule has 1 aliphatic rings. The van der Waals surface area contributed by atoms with Crippen molar-refractivity contribution in [3.8, 4) is 17.2 Å². The summed E-state index contributed by atoms with van der Waals surface area (Å²) in [6.07, 6.45) is 0.462. The van der Waals surface area contributed by atoms with E-state index in [9.17, 15) is 9.59 Å². The Bertz CT molecular complexity index is 1530. The fraction of sp³-hybridized carbons (Fsp3) is 0.323. The van der Waals surface area contributed by atoms with Crippen molar-refractivity contribution in [2.45, 2.75) is 38.5 Å². The van der Waals surface area contributed by atoms with E-state index >= 15 is 0 Å². The summed E-state index contributed by atoms with van der Waals surface area (Å²) in [6.45, 7) is 7.51. The van der Waals surface area contributed by atoms with E-state index in [1.54, 1.807) is 6.92 Å². The molecule has 1 aliphatic heterocycles. The van der Waals surface area contributed by atoms with Crippen molar-refractivity contribution in [1.29, 1.82) is 0 Å². The average Bonchev–Trinajstić information content (AvgIpc) is 3.36. The molecule has 1 aromatic heterocycles. The van der Waals surface area contributed by atoms with Gasteiger partial charge in [-0.15, -0.1) is 0 Å². The van der Waals surface area contributed by atoms with E-state index in [-0.39, 0.29) is 11.1 Å². The van der Waals surface area contributed by atoms with Crippen LogP contribution < -0.4 is 19.7 Å². The largest absolute Gasteiger partial charge is 0.486 e. The first-order valence-electron chi connectivity index (χ1n) is 13.3. The number of thioether (sulfide) groups is 1. The Hall–Kier alpha value is -3.98. The van der Waals surface area contributed by atoms with Gasteiger partial charge in [-0.25, -0.2) is 4.98 Å². The van der Waals surface area contributed by atoms with Crippen LogP contribution in [0.25, 0.3) is 11.0 Å². The van der Waals surface area contributed by atoms with Crippen LogP contribution >= 0.6 is 11.8 Å². The highest BCUT2D eigenvalue weighted by Crippen LogP contribution is 2.35. The number of ether oxygens (including phenoxy) is 2. The molecule has 1 atom stereocenters. The molecule has 8 nitrogen and oxygen atoms in total. The number of rotatable bonds is 10. The number of carbonyl (C=O) groups is 2. The van der Waals surface area contributed by atoms with Gasteiger partial charge in [-0.05, 0) is 85.1 Å². The molecule has 0 bridgehead atoms. The predicted molar refractivity (Wildman–Crippen MR) is 159 cm³/mol. The second-order valence-corrected chi connectivity index (χ2v) is 12.3. The number of carbonyl (C=O) groups excluding carboxylic acids is 2. The molecule has 9 heteroatoms. The Balaban J connectivity index is 1.21. The standard InChI is InChI=1S/C31H34N4O4S/c1-20(2)18-34(4)22-8-12-24(13-9-22)39-25-14-15-26-27(16-25)35(5)28(32-26)19-38-23-10-6-21(7-11-23)17-31(3)29(36)33-30(37)40-31/h6-16,20H,17-19H2,1-5H3,(H,33,36,37)/t31-/m1/s1. The SMILES string of the molecule is CC(C)CN(C)c1ccc(Oc2ccc3nc(COc4ccc(C[C@@]5(C)SC(=O)NC5=O)cc4)n(C)c3c2)cc1. The van der Waals surface area contributed by atoms with Gasteiger partial charge in [-0.1, -0.05) is 26.0 Å². The first kappa shape index (κ1) is 27.6. The van der Waals surface area contributed by atoms with Crippen LogP contribution in [0, 0.1) is 5.92 Å². The van der Waals surface area contributed by atoms with E-state index in [2.05, 4.69) is 43.2 Å². The lowest BCUT2D eigenvalue weighted by atomic mass is 9.99. The number of anilines is 1. The van der Waals surface area contributed by atoms with Gasteiger partial charge in [-0.2, -0.15) is 0 Å². The minimum absolute atomic E-state index is 0.249. The van der Waals surface area contributed by atoms with Gasteiger partial charge < -0.3 is 18.9 Å². The van der Waals surface area contributed by atoms with E-state index in [0.717, 1.165) is 57.9 Å². The molecule has 0 radical (unpaired) electrons. The van der Waals surface area contributed by atoms with Crippen molar-refractivity contribution in [1.82, 2.24) is 14.9 Å². The van der Waals surface area contributed by atoms with Crippen LogP contribution in [-0.2, 0) is 24.9 Å². The minimum atomic E-state index is -0.789. The zero-order chi connectivity index (χ0) is 28.4. The molecular weight excluding hydrogens is 524 g/mol. The number of hydrogen-bond donors (Lipinski definition) is 1. The van der Waals surface area contributed by atoms with Crippen molar-refractivity contribution in [2.24, 2.45) is 13.0 Å². The van der Waals surface area contributed by atoms with Gasteiger partial charge in [0.2, 0.25) is 5.91 Å². The molecule has 5 rings (SSSR count). The molecule has 4 aromatic rings. The average molecular weight is 559 g/mol. The summed E-state index contributed by atoms with van der Waals surface area (Å²) in [6, 6.07) is 21.6. The zero-order valence-corrected chi connectivity index (χ0v) is 24.2. The van der Waals surface area contributed by atoms with E-state index in [1.807, 2.05) is 66.2 Å². The third kappa shape index (κ3) is 6.09. The lowest BCUT2D eigenvalue weighted by molar-refractivity contribution is -0.121. The van der Waals surface area contributed by atoms with Gasteiger partial charge in [0.25, 0.3) is 5.24 Å². The molecule has 0 aliphatic carbocycles. The molecule has 40 heavy (non-hydrogen) atoms. The summed E-state index contributed by atoms with van der Waals surface area (Å²) < 4.78 is 13.4. The number of fused-ring (bicyclic) bond motifs is 1. The normalized spacial score (nSPS) is 16.9. The summed E-state index contributed by atoms with van der Waals surface area (Å²) in [7, 11) is 4.07. The van der Waals surface area contributed by atoms with Crippen LogP contribution in [0.15, 0.2) is 66.7 Å². The molecule has 2 heterocycles. The van der Waals surface area contributed by atoms with Gasteiger partial charge in [0.05, 0.1) is 11.0 Å².